The Balaban J connectivity index is 1.88. The highest BCUT2D eigenvalue weighted by molar-refractivity contribution is 7.99. The monoisotopic (exact) mass is 540 g/mol. The average Bonchev–Trinajstić information content (AvgIpc) is 3.29. The number of hydrogen-bond donors (Lipinski definition) is 0. The van der Waals surface area contributed by atoms with Crippen molar-refractivity contribution in [1.29, 1.82) is 0 Å². The number of rotatable bonds is 11. The van der Waals surface area contributed by atoms with Crippen molar-refractivity contribution >= 4 is 29.1 Å². The quantitative estimate of drug-likeness (QED) is 0.150. The van der Waals surface area contributed by atoms with Gasteiger partial charge in [-0.3, -0.25) is 24.5 Å². The molecule has 1 aliphatic rings. The molecule has 10 nitrogen and oxygen atoms in total. The predicted molar refractivity (Wildman–Crippen MR) is 143 cm³/mol. The Morgan fingerprint density at radius 3 is 2.63 bits per heavy atom. The molecule has 4 rings (SSSR count). The van der Waals surface area contributed by atoms with Gasteiger partial charge in [-0.2, -0.15) is 0 Å². The third kappa shape index (κ3) is 5.76. The number of esters is 1. The molecule has 0 unspecified atom stereocenters. The standard InChI is InChI=1S/C26H29FN6O4S/c1-4-31(5-2)14-15-38-26-30-29-25-21(11-13-23(34)37-3)28-24(18-8-6-7-9-20(18)27)19-16-17(33(35)36)10-12-22(19)32(25)26/h6-10,12,16,21H,4-5,11,13-15H2,1-3H3/t21-/m0/s1. The topological polar surface area (TPSA) is 116 Å². The number of nitro benzene ring substituents is 1. The van der Waals surface area contributed by atoms with Crippen LogP contribution in [0.3, 0.4) is 0 Å². The van der Waals surface area contributed by atoms with Gasteiger partial charge in [0.25, 0.3) is 5.69 Å². The molecule has 0 saturated heterocycles. The van der Waals surface area contributed by atoms with E-state index < -0.39 is 22.8 Å². The summed E-state index contributed by atoms with van der Waals surface area (Å²) in [6.07, 6.45) is 0.298. The first-order valence-corrected chi connectivity index (χ1v) is 13.4. The van der Waals surface area contributed by atoms with Crippen LogP contribution in [0.25, 0.3) is 5.69 Å². The molecule has 0 spiro atoms. The first kappa shape index (κ1) is 27.4. The maximum atomic E-state index is 15.1. The summed E-state index contributed by atoms with van der Waals surface area (Å²) in [6.45, 7) is 6.91. The summed E-state index contributed by atoms with van der Waals surface area (Å²) in [5.74, 6) is 0.295. The Labute approximate surface area is 224 Å². The fraction of sp³-hybridized carbons (Fsp3) is 0.385. The van der Waals surface area contributed by atoms with Gasteiger partial charge >= 0.3 is 5.97 Å². The fourth-order valence-corrected chi connectivity index (χ4v) is 5.30. The summed E-state index contributed by atoms with van der Waals surface area (Å²) < 4.78 is 21.7. The normalized spacial score (nSPS) is 14.4. The zero-order valence-electron chi connectivity index (χ0n) is 21.5. The lowest BCUT2D eigenvalue weighted by molar-refractivity contribution is -0.384. The Hall–Kier alpha value is -3.64. The van der Waals surface area contributed by atoms with Crippen molar-refractivity contribution in [3.63, 3.8) is 0 Å². The van der Waals surface area contributed by atoms with E-state index in [2.05, 4.69) is 28.9 Å². The van der Waals surface area contributed by atoms with Crippen molar-refractivity contribution in [2.45, 2.75) is 37.9 Å². The predicted octanol–water partition coefficient (Wildman–Crippen LogP) is 4.59. The molecule has 0 aliphatic carbocycles. The minimum atomic E-state index is -0.667. The molecule has 1 atom stereocenters. The van der Waals surface area contributed by atoms with Gasteiger partial charge in [0.2, 0.25) is 0 Å². The SMILES string of the molecule is CCN(CC)CCSc1nnc2n1-c1ccc([N+](=O)[O-])cc1C(c1ccccc1F)=N[C@H]2CCC(=O)OC. The van der Waals surface area contributed by atoms with Crippen LogP contribution in [0.5, 0.6) is 0 Å². The lowest BCUT2D eigenvalue weighted by Gasteiger charge is -2.18. The zero-order valence-corrected chi connectivity index (χ0v) is 22.3. The highest BCUT2D eigenvalue weighted by Gasteiger charge is 2.31. The van der Waals surface area contributed by atoms with Gasteiger partial charge in [0.05, 0.1) is 23.4 Å². The van der Waals surface area contributed by atoms with E-state index in [1.807, 2.05) is 4.57 Å². The highest BCUT2D eigenvalue weighted by atomic mass is 32.2. The van der Waals surface area contributed by atoms with E-state index in [0.29, 0.717) is 22.2 Å². The van der Waals surface area contributed by atoms with Crippen LogP contribution in [0.15, 0.2) is 52.6 Å². The molecule has 0 bridgehead atoms. The van der Waals surface area contributed by atoms with Crippen LogP contribution in [0.2, 0.25) is 0 Å². The van der Waals surface area contributed by atoms with E-state index in [0.717, 1.165) is 25.4 Å². The van der Waals surface area contributed by atoms with Crippen molar-refractivity contribution < 1.29 is 18.8 Å². The van der Waals surface area contributed by atoms with Crippen LogP contribution in [0, 0.1) is 15.9 Å². The smallest absolute Gasteiger partial charge is 0.305 e. The Morgan fingerprint density at radius 2 is 1.95 bits per heavy atom. The van der Waals surface area contributed by atoms with Crippen LogP contribution in [0.1, 0.15) is 49.7 Å². The summed E-state index contributed by atoms with van der Waals surface area (Å²) in [7, 11) is 1.31. The number of nitrogens with zero attached hydrogens (tertiary/aromatic N) is 6. The van der Waals surface area contributed by atoms with Gasteiger partial charge in [-0.05, 0) is 37.7 Å². The maximum Gasteiger partial charge on any atom is 0.305 e. The van der Waals surface area contributed by atoms with Gasteiger partial charge in [-0.15, -0.1) is 10.2 Å². The highest BCUT2D eigenvalue weighted by Crippen LogP contribution is 2.37. The van der Waals surface area contributed by atoms with Crippen molar-refractivity contribution in [3.05, 3.63) is 75.3 Å². The third-order valence-electron chi connectivity index (χ3n) is 6.44. The molecule has 1 aromatic heterocycles. The number of nitro groups is 1. The number of non-ortho nitro benzene ring substituents is 1. The van der Waals surface area contributed by atoms with E-state index in [4.69, 9.17) is 9.73 Å². The molecule has 2 aromatic carbocycles. The summed E-state index contributed by atoms with van der Waals surface area (Å²) in [5.41, 5.74) is 1.25. The van der Waals surface area contributed by atoms with Crippen LogP contribution >= 0.6 is 11.8 Å². The van der Waals surface area contributed by atoms with Gasteiger partial charge in [0.15, 0.2) is 11.0 Å². The maximum absolute atomic E-state index is 15.1. The van der Waals surface area contributed by atoms with Gasteiger partial charge in [0.1, 0.15) is 11.9 Å². The van der Waals surface area contributed by atoms with Crippen molar-refractivity contribution in [3.8, 4) is 5.69 Å². The molecule has 1 aliphatic heterocycles. The molecule has 12 heteroatoms. The molecular formula is C26H29FN6O4S. The van der Waals surface area contributed by atoms with Gasteiger partial charge in [-0.1, -0.05) is 37.7 Å². The third-order valence-corrected chi connectivity index (χ3v) is 7.35. The van der Waals surface area contributed by atoms with Crippen LogP contribution in [-0.2, 0) is 9.53 Å². The van der Waals surface area contributed by atoms with Gasteiger partial charge in [-0.25, -0.2) is 4.39 Å². The number of aromatic nitrogens is 3. The number of fused-ring (bicyclic) bond motifs is 3. The van der Waals surface area contributed by atoms with E-state index in [-0.39, 0.29) is 29.8 Å². The minimum Gasteiger partial charge on any atom is -0.469 e. The number of carbonyl (C=O) groups excluding carboxylic acids is 1. The minimum absolute atomic E-state index is 0.0585. The van der Waals surface area contributed by atoms with Gasteiger partial charge < -0.3 is 9.64 Å². The largest absolute Gasteiger partial charge is 0.469 e. The number of hydrogen-bond acceptors (Lipinski definition) is 9. The van der Waals surface area contributed by atoms with Gasteiger partial charge in [0, 0.05) is 42.0 Å². The number of thioether (sulfide) groups is 1. The number of ether oxygens (including phenoxy) is 1. The van der Waals surface area contributed by atoms with Crippen LogP contribution in [0.4, 0.5) is 10.1 Å². The molecule has 3 aromatic rings. The first-order valence-electron chi connectivity index (χ1n) is 12.4. The number of benzene rings is 2. The molecular weight excluding hydrogens is 511 g/mol. The Kier molecular flexibility index (Phi) is 8.85. The number of methoxy groups -OCH3 is 1. The number of aliphatic imine (C=N–C) groups is 1. The Morgan fingerprint density at radius 1 is 1.18 bits per heavy atom. The van der Waals surface area contributed by atoms with Crippen molar-refractivity contribution in [1.82, 2.24) is 19.7 Å². The Bertz CT molecular complexity index is 1360. The van der Waals surface area contributed by atoms with Crippen LogP contribution in [-0.4, -0.2) is 68.8 Å². The van der Waals surface area contributed by atoms with E-state index >= 15 is 4.39 Å². The lowest BCUT2D eigenvalue weighted by Crippen LogP contribution is -2.25. The summed E-state index contributed by atoms with van der Waals surface area (Å²) >= 11 is 1.51. The molecule has 200 valence electrons. The number of halogens is 1. The molecule has 0 radical (unpaired) electrons. The molecule has 0 amide bonds. The average molecular weight is 541 g/mol. The lowest BCUT2D eigenvalue weighted by atomic mass is 9.99. The molecule has 38 heavy (non-hydrogen) atoms. The molecule has 2 heterocycles. The second kappa shape index (κ2) is 12.3. The van der Waals surface area contributed by atoms with Crippen molar-refractivity contribution in [2.24, 2.45) is 4.99 Å². The second-order valence-electron chi connectivity index (χ2n) is 8.60. The van der Waals surface area contributed by atoms with Crippen molar-refractivity contribution in [2.75, 3.05) is 32.5 Å². The fourth-order valence-electron chi connectivity index (χ4n) is 4.35. The van der Waals surface area contributed by atoms with E-state index in [9.17, 15) is 14.9 Å². The number of carbonyl (C=O) groups is 1. The summed E-state index contributed by atoms with van der Waals surface area (Å²) in [4.78, 5) is 30.3. The van der Waals surface area contributed by atoms with Crippen LogP contribution < -0.4 is 0 Å². The first-order chi connectivity index (χ1) is 18.4. The molecule has 0 saturated carbocycles. The van der Waals surface area contributed by atoms with E-state index in [1.165, 1.54) is 37.1 Å². The molecule has 0 fully saturated rings. The summed E-state index contributed by atoms with van der Waals surface area (Å²) in [5, 5.41) is 21.1. The summed E-state index contributed by atoms with van der Waals surface area (Å²) in [6, 6.07) is 9.91. The second-order valence-corrected chi connectivity index (χ2v) is 9.66. The zero-order chi connectivity index (χ0) is 27.2. The molecule has 0 N–H and O–H groups in total. The van der Waals surface area contributed by atoms with E-state index in [1.54, 1.807) is 24.3 Å².